The van der Waals surface area contributed by atoms with E-state index in [2.05, 4.69) is 10.1 Å². The zero-order chi connectivity index (χ0) is 18.0. The topological polar surface area (TPSA) is 76.3 Å². The van der Waals surface area contributed by atoms with Crippen molar-refractivity contribution in [3.8, 4) is 0 Å². The molecule has 0 N–H and O–H groups in total. The van der Waals surface area contributed by atoms with Gasteiger partial charge in [0.15, 0.2) is 10.7 Å². The van der Waals surface area contributed by atoms with Gasteiger partial charge in [-0.15, -0.1) is 0 Å². The number of hydrogen-bond acceptors (Lipinski definition) is 5. The fourth-order valence-electron chi connectivity index (χ4n) is 2.56. The molecule has 6 nitrogen and oxygen atoms in total. The first-order valence-electron chi connectivity index (χ1n) is 7.49. The summed E-state index contributed by atoms with van der Waals surface area (Å²) < 4.78 is 46.3. The molecule has 0 radical (unpaired) electrons. The number of hydrogen-bond donors (Lipinski definition) is 0. The van der Waals surface area contributed by atoms with E-state index >= 15 is 0 Å². The minimum Gasteiger partial charge on any atom is -0.360 e. The molecule has 0 saturated heterocycles. The van der Waals surface area contributed by atoms with E-state index in [1.54, 1.807) is 31.5 Å². The van der Waals surface area contributed by atoms with Crippen LogP contribution in [0.3, 0.4) is 0 Å². The quantitative estimate of drug-likeness (QED) is 0.697. The van der Waals surface area contributed by atoms with Gasteiger partial charge in [0.1, 0.15) is 11.5 Å². The lowest BCUT2D eigenvalue weighted by molar-refractivity contribution is 0.390. The summed E-state index contributed by atoms with van der Waals surface area (Å²) in [7, 11) is -4.00. The van der Waals surface area contributed by atoms with Crippen LogP contribution in [0.25, 0.3) is 0 Å². The van der Waals surface area contributed by atoms with Gasteiger partial charge in [-0.3, -0.25) is 9.29 Å². The summed E-state index contributed by atoms with van der Waals surface area (Å²) in [6.45, 7) is 3.08. The first-order chi connectivity index (χ1) is 11.9. The van der Waals surface area contributed by atoms with Gasteiger partial charge in [0.05, 0.1) is 12.2 Å². The highest BCUT2D eigenvalue weighted by Gasteiger charge is 2.31. The molecule has 3 rings (SSSR count). The minimum absolute atomic E-state index is 0.00366. The molecule has 1 aromatic carbocycles. The van der Waals surface area contributed by atoms with Crippen molar-refractivity contribution < 1.29 is 17.3 Å². The molecule has 0 aliphatic rings. The van der Waals surface area contributed by atoms with Crippen molar-refractivity contribution in [3.63, 3.8) is 0 Å². The Hall–Kier alpha value is -2.74. The summed E-state index contributed by atoms with van der Waals surface area (Å²) in [6.07, 6.45) is 3.16. The van der Waals surface area contributed by atoms with Gasteiger partial charge in [0.2, 0.25) is 0 Å². The van der Waals surface area contributed by atoms with Gasteiger partial charge in [-0.2, -0.15) is 0 Å². The van der Waals surface area contributed by atoms with E-state index in [0.717, 1.165) is 4.31 Å². The Bertz CT molecular complexity index is 968. The van der Waals surface area contributed by atoms with Crippen molar-refractivity contribution in [2.75, 3.05) is 4.31 Å². The molecule has 0 unspecified atom stereocenters. The lowest BCUT2D eigenvalue weighted by Crippen LogP contribution is -2.31. The van der Waals surface area contributed by atoms with Crippen LogP contribution in [-0.2, 0) is 16.6 Å². The highest BCUT2D eigenvalue weighted by molar-refractivity contribution is 7.92. The fraction of sp³-hybridized carbons (Fsp3) is 0.176. The number of aromatic nitrogens is 2. The molecule has 0 spiro atoms. The fourth-order valence-corrected chi connectivity index (χ4v) is 4.30. The third-order valence-corrected chi connectivity index (χ3v) is 5.68. The molecule has 8 heteroatoms. The molecule has 0 atom stereocenters. The third-order valence-electron chi connectivity index (χ3n) is 3.66. The van der Waals surface area contributed by atoms with Crippen molar-refractivity contribution >= 4 is 15.7 Å². The molecule has 2 heterocycles. The van der Waals surface area contributed by atoms with Gasteiger partial charge in [-0.1, -0.05) is 17.3 Å². The standard InChI is InChI=1S/C17H16FN3O3S/c1-12-17(13(2)24-20-12)25(22,23)21(11-14-5-4-8-19-10-14)16-7-3-6-15(18)9-16/h3-10H,11H2,1-2H3. The van der Waals surface area contributed by atoms with Gasteiger partial charge in [0, 0.05) is 12.4 Å². The lowest BCUT2D eigenvalue weighted by atomic mass is 10.2. The zero-order valence-electron chi connectivity index (χ0n) is 13.7. The molecule has 0 saturated carbocycles. The average molecular weight is 361 g/mol. The number of anilines is 1. The van der Waals surface area contributed by atoms with Crippen molar-refractivity contribution in [2.45, 2.75) is 25.3 Å². The second kappa shape index (κ2) is 6.64. The molecular formula is C17H16FN3O3S. The van der Waals surface area contributed by atoms with E-state index in [-0.39, 0.29) is 28.6 Å². The second-order valence-corrected chi connectivity index (χ2v) is 7.31. The number of benzene rings is 1. The first-order valence-corrected chi connectivity index (χ1v) is 8.93. The second-order valence-electron chi connectivity index (χ2n) is 5.51. The molecule has 0 fully saturated rings. The van der Waals surface area contributed by atoms with Crippen LogP contribution in [0.4, 0.5) is 10.1 Å². The van der Waals surface area contributed by atoms with E-state index in [1.807, 2.05) is 0 Å². The van der Waals surface area contributed by atoms with Crippen molar-refractivity contribution in [1.29, 1.82) is 0 Å². The summed E-state index contributed by atoms with van der Waals surface area (Å²) in [5.41, 5.74) is 1.14. The van der Waals surface area contributed by atoms with Crippen LogP contribution in [0.5, 0.6) is 0 Å². The van der Waals surface area contributed by atoms with Crippen LogP contribution in [-0.4, -0.2) is 18.6 Å². The summed E-state index contributed by atoms with van der Waals surface area (Å²) in [5, 5.41) is 3.72. The maximum Gasteiger partial charge on any atom is 0.270 e. The van der Waals surface area contributed by atoms with Crippen LogP contribution >= 0.6 is 0 Å². The van der Waals surface area contributed by atoms with E-state index in [0.29, 0.717) is 5.56 Å². The SMILES string of the molecule is Cc1noc(C)c1S(=O)(=O)N(Cc1cccnc1)c1cccc(F)c1. The third kappa shape index (κ3) is 3.39. The Morgan fingerprint density at radius 2 is 2.00 bits per heavy atom. The summed E-state index contributed by atoms with van der Waals surface area (Å²) >= 11 is 0. The number of halogens is 1. The highest BCUT2D eigenvalue weighted by Crippen LogP contribution is 2.29. The molecule has 3 aromatic rings. The Balaban J connectivity index is 2.14. The number of nitrogens with zero attached hydrogens (tertiary/aromatic N) is 3. The first kappa shape index (κ1) is 17.1. The van der Waals surface area contributed by atoms with E-state index in [4.69, 9.17) is 4.52 Å². The van der Waals surface area contributed by atoms with Crippen LogP contribution < -0.4 is 4.31 Å². The number of pyridine rings is 1. The van der Waals surface area contributed by atoms with Crippen LogP contribution in [0.1, 0.15) is 17.0 Å². The van der Waals surface area contributed by atoms with Crippen LogP contribution in [0.2, 0.25) is 0 Å². The molecule has 25 heavy (non-hydrogen) atoms. The molecule has 0 aliphatic heterocycles. The summed E-state index contributed by atoms with van der Waals surface area (Å²) in [4.78, 5) is 3.99. The molecule has 130 valence electrons. The Labute approximate surface area is 145 Å². The molecular weight excluding hydrogens is 345 g/mol. The molecule has 0 bridgehead atoms. The summed E-state index contributed by atoms with van der Waals surface area (Å²) in [6, 6.07) is 8.89. The minimum atomic E-state index is -4.00. The smallest absolute Gasteiger partial charge is 0.270 e. The van der Waals surface area contributed by atoms with Crippen molar-refractivity contribution in [3.05, 3.63) is 71.6 Å². The molecule has 0 amide bonds. The number of aryl methyl sites for hydroxylation is 2. The Morgan fingerprint density at radius 1 is 1.20 bits per heavy atom. The lowest BCUT2D eigenvalue weighted by Gasteiger charge is -2.24. The maximum absolute atomic E-state index is 13.7. The van der Waals surface area contributed by atoms with Gasteiger partial charge in [-0.05, 0) is 43.7 Å². The Kier molecular flexibility index (Phi) is 4.54. The van der Waals surface area contributed by atoms with E-state index in [9.17, 15) is 12.8 Å². The highest BCUT2D eigenvalue weighted by atomic mass is 32.2. The van der Waals surface area contributed by atoms with Crippen LogP contribution in [0.15, 0.2) is 58.2 Å². The van der Waals surface area contributed by atoms with Crippen molar-refractivity contribution in [2.24, 2.45) is 0 Å². The normalized spacial score (nSPS) is 11.5. The van der Waals surface area contributed by atoms with Crippen molar-refractivity contribution in [1.82, 2.24) is 10.1 Å². The predicted molar refractivity (Wildman–Crippen MR) is 90.0 cm³/mol. The Morgan fingerprint density at radius 3 is 2.60 bits per heavy atom. The number of sulfonamides is 1. The van der Waals surface area contributed by atoms with Gasteiger partial charge < -0.3 is 4.52 Å². The molecule has 2 aromatic heterocycles. The van der Waals surface area contributed by atoms with Gasteiger partial charge >= 0.3 is 0 Å². The van der Waals surface area contributed by atoms with Crippen LogP contribution in [0, 0.1) is 19.7 Å². The van der Waals surface area contributed by atoms with Gasteiger partial charge in [-0.25, -0.2) is 12.8 Å². The zero-order valence-corrected chi connectivity index (χ0v) is 14.5. The maximum atomic E-state index is 13.7. The monoisotopic (exact) mass is 361 g/mol. The largest absolute Gasteiger partial charge is 0.360 e. The average Bonchev–Trinajstić information content (AvgIpc) is 2.93. The molecule has 0 aliphatic carbocycles. The van der Waals surface area contributed by atoms with E-state index < -0.39 is 15.8 Å². The van der Waals surface area contributed by atoms with E-state index in [1.165, 1.54) is 31.2 Å². The summed E-state index contributed by atoms with van der Waals surface area (Å²) in [5.74, 6) is -0.340. The number of rotatable bonds is 5. The van der Waals surface area contributed by atoms with Gasteiger partial charge in [0.25, 0.3) is 10.0 Å². The predicted octanol–water partition coefficient (Wildman–Crippen LogP) is 3.22.